The van der Waals surface area contributed by atoms with Crippen LogP contribution in [0.4, 0.5) is 79.0 Å². The molecule has 0 amide bonds. The second-order valence-corrected chi connectivity index (χ2v) is 10.5. The third-order valence-electron chi connectivity index (χ3n) is 6.38. The molecule has 0 aliphatic carbocycles. The lowest BCUT2D eigenvalue weighted by Gasteiger charge is -2.35. The van der Waals surface area contributed by atoms with E-state index in [1.54, 1.807) is 6.92 Å². The zero-order valence-electron chi connectivity index (χ0n) is 22.7. The number of hydrogen-bond acceptors (Lipinski definition) is 1. The summed E-state index contributed by atoms with van der Waals surface area (Å²) < 4.78 is 235. The molecule has 1 nitrogen and oxygen atoms in total. The summed E-state index contributed by atoms with van der Waals surface area (Å²) in [6, 6.07) is 0. The molecule has 2 N–H and O–H groups in total. The van der Waals surface area contributed by atoms with Crippen LogP contribution in [0, 0.1) is 0 Å². The van der Waals surface area contributed by atoms with E-state index in [1.165, 1.54) is 7.05 Å². The van der Waals surface area contributed by atoms with E-state index in [9.17, 15) is 79.0 Å². The Morgan fingerprint density at radius 1 is 0.395 bits per heavy atom. The van der Waals surface area contributed by atoms with Crippen LogP contribution in [0.15, 0.2) is 0 Å². The minimum absolute atomic E-state index is 0.0703. The lowest BCUT2D eigenvalue weighted by molar-refractivity contribution is -0.396. The average Bonchev–Trinajstić information content (AvgIpc) is 2.83. The molecule has 0 radical (unpaired) electrons. The molecule has 20 heteroatoms. The smallest absolute Gasteiger partial charge is 0.333 e. The number of unbranched alkanes of at least 4 members (excludes halogenated alkanes) is 4. The Kier molecular flexibility index (Phi) is 15.9. The van der Waals surface area contributed by atoms with E-state index in [4.69, 9.17) is 11.6 Å². The fraction of sp³-hybridized carbons (Fsp3) is 1.00. The molecule has 0 spiro atoms. The van der Waals surface area contributed by atoms with Crippen LogP contribution in [0.5, 0.6) is 0 Å². The summed E-state index contributed by atoms with van der Waals surface area (Å²) in [5, 5.41) is 0. The predicted octanol–water partition coefficient (Wildman–Crippen LogP) is 11.2. The van der Waals surface area contributed by atoms with Crippen molar-refractivity contribution in [1.29, 1.82) is 0 Å². The molecule has 0 aromatic heterocycles. The second-order valence-electron chi connectivity index (χ2n) is 9.72. The molecule has 0 rings (SSSR count). The van der Waals surface area contributed by atoms with Crippen LogP contribution in [0.3, 0.4) is 0 Å². The van der Waals surface area contributed by atoms with Crippen molar-refractivity contribution in [2.24, 2.45) is 5.73 Å². The van der Waals surface area contributed by atoms with Gasteiger partial charge in [0.1, 0.15) is 0 Å². The lowest BCUT2D eigenvalue weighted by Crippen LogP contribution is -2.60. The van der Waals surface area contributed by atoms with Crippen molar-refractivity contribution in [2.45, 2.75) is 137 Å². The van der Waals surface area contributed by atoms with Crippen LogP contribution < -0.4 is 5.73 Å². The first-order valence-corrected chi connectivity index (χ1v) is 13.0. The Hall–Kier alpha value is -1.01. The molecular weight excluding hydrogens is 668 g/mol. The van der Waals surface area contributed by atoms with E-state index in [0.717, 1.165) is 0 Å². The van der Waals surface area contributed by atoms with Crippen molar-refractivity contribution in [3.05, 3.63) is 0 Å². The van der Waals surface area contributed by atoms with E-state index in [2.05, 4.69) is 5.73 Å². The van der Waals surface area contributed by atoms with Crippen molar-refractivity contribution in [2.75, 3.05) is 7.05 Å². The molecular formula is C23H32ClF18N. The molecule has 0 aliphatic rings. The maximum Gasteiger partial charge on any atom is 0.460 e. The van der Waals surface area contributed by atoms with Gasteiger partial charge in [-0.15, -0.1) is 11.6 Å². The molecule has 0 aliphatic heterocycles. The highest BCUT2D eigenvalue weighted by Crippen LogP contribution is 2.56. The van der Waals surface area contributed by atoms with Crippen LogP contribution in [-0.2, 0) is 0 Å². The topological polar surface area (TPSA) is 26.0 Å². The molecule has 262 valence electrons. The monoisotopic (exact) mass is 699 g/mol. The van der Waals surface area contributed by atoms with Gasteiger partial charge < -0.3 is 5.73 Å². The highest BCUT2D eigenvalue weighted by Gasteiger charge is 2.82. The van der Waals surface area contributed by atoms with E-state index in [0.29, 0.717) is 25.7 Å². The Morgan fingerprint density at radius 2 is 0.674 bits per heavy atom. The van der Waals surface area contributed by atoms with Gasteiger partial charge in [0, 0.05) is 17.7 Å². The summed E-state index contributed by atoms with van der Waals surface area (Å²) in [6.07, 6.45) is -21.3. The van der Waals surface area contributed by atoms with Crippen LogP contribution >= 0.6 is 11.6 Å². The van der Waals surface area contributed by atoms with Crippen LogP contribution in [0.25, 0.3) is 0 Å². The zero-order chi connectivity index (χ0) is 35.0. The standard InChI is InChI=1S/C22H27ClF18.CH5N/c1-2-3-4-5-6-9-14(23,10-7-12-15(24,25)17(28,29)19(32,33)21(36,37)38)11-8-13-16(26,27)18(30,31)20(34,35)22(39,40)41;1-2/h2-13H2,1H3;2H2,1H3. The SMILES string of the molecule is CCCCCCCC(Cl)(CCCC(F)(F)C(F)(F)C(F)(F)C(F)(F)F)CCCC(F)(F)C(F)(F)C(F)(F)C(F)(F)F.CN. The summed E-state index contributed by atoms with van der Waals surface area (Å²) >= 11 is 6.14. The minimum Gasteiger partial charge on any atom is -0.333 e. The highest BCUT2D eigenvalue weighted by molar-refractivity contribution is 6.23. The Bertz CT molecular complexity index is 751. The predicted molar refractivity (Wildman–Crippen MR) is 122 cm³/mol. The van der Waals surface area contributed by atoms with E-state index >= 15 is 0 Å². The van der Waals surface area contributed by atoms with Gasteiger partial charge in [-0.2, -0.15) is 79.0 Å². The van der Waals surface area contributed by atoms with Gasteiger partial charge in [-0.3, -0.25) is 0 Å². The number of halogens is 19. The maximum atomic E-state index is 13.8. The molecule has 0 saturated carbocycles. The van der Waals surface area contributed by atoms with Gasteiger partial charge in [0.25, 0.3) is 0 Å². The van der Waals surface area contributed by atoms with Gasteiger partial charge in [-0.05, 0) is 39.2 Å². The normalized spacial score (nSPS) is 14.9. The average molecular weight is 700 g/mol. The molecule has 0 saturated heterocycles. The van der Waals surface area contributed by atoms with Crippen molar-refractivity contribution >= 4 is 11.6 Å². The maximum absolute atomic E-state index is 13.8. The van der Waals surface area contributed by atoms with E-state index in [-0.39, 0.29) is 12.8 Å². The third-order valence-corrected chi connectivity index (χ3v) is 6.95. The number of alkyl halides is 19. The van der Waals surface area contributed by atoms with Gasteiger partial charge in [0.05, 0.1) is 0 Å². The van der Waals surface area contributed by atoms with Gasteiger partial charge in [-0.1, -0.05) is 39.0 Å². The summed E-state index contributed by atoms with van der Waals surface area (Å²) in [6.45, 7) is 1.79. The number of hydrogen-bond donors (Lipinski definition) is 1. The van der Waals surface area contributed by atoms with Crippen LogP contribution in [0.2, 0.25) is 0 Å². The summed E-state index contributed by atoms with van der Waals surface area (Å²) in [5.74, 6) is -40.1. The Morgan fingerprint density at radius 3 is 0.953 bits per heavy atom. The molecule has 0 aromatic rings. The molecule has 43 heavy (non-hydrogen) atoms. The minimum atomic E-state index is -7.16. The first-order chi connectivity index (χ1) is 19.0. The van der Waals surface area contributed by atoms with Gasteiger partial charge in [-0.25, -0.2) is 0 Å². The van der Waals surface area contributed by atoms with Gasteiger partial charge in [0.15, 0.2) is 0 Å². The van der Waals surface area contributed by atoms with Crippen molar-refractivity contribution < 1.29 is 79.0 Å². The van der Waals surface area contributed by atoms with E-state index in [1.807, 2.05) is 0 Å². The lowest BCUT2D eigenvalue weighted by atomic mass is 9.86. The summed E-state index contributed by atoms with van der Waals surface area (Å²) in [7, 11) is 1.50. The fourth-order valence-corrected chi connectivity index (χ4v) is 4.21. The van der Waals surface area contributed by atoms with Crippen LogP contribution in [0.1, 0.15) is 84.0 Å². The van der Waals surface area contributed by atoms with Crippen LogP contribution in [-0.4, -0.2) is 59.8 Å². The fourth-order valence-electron chi connectivity index (χ4n) is 3.80. The van der Waals surface area contributed by atoms with Gasteiger partial charge in [0.2, 0.25) is 0 Å². The second kappa shape index (κ2) is 15.5. The highest BCUT2D eigenvalue weighted by atomic mass is 35.5. The zero-order valence-corrected chi connectivity index (χ0v) is 23.5. The van der Waals surface area contributed by atoms with E-state index < -0.39 is 91.3 Å². The number of nitrogens with two attached hydrogens (primary N) is 1. The first-order valence-electron chi connectivity index (χ1n) is 12.6. The molecule has 0 unspecified atom stereocenters. The van der Waals surface area contributed by atoms with Gasteiger partial charge >= 0.3 is 47.9 Å². The summed E-state index contributed by atoms with van der Waals surface area (Å²) in [5.41, 5.74) is 4.50. The largest absolute Gasteiger partial charge is 0.460 e. The molecule has 0 bridgehead atoms. The Labute approximate surface area is 240 Å². The Balaban J connectivity index is 0. The third kappa shape index (κ3) is 10.5. The summed E-state index contributed by atoms with van der Waals surface area (Å²) in [4.78, 5) is -2.04. The molecule has 0 heterocycles. The molecule has 0 fully saturated rings. The molecule has 0 atom stereocenters. The quantitative estimate of drug-likeness (QED) is 0.0860. The number of rotatable bonds is 18. The van der Waals surface area contributed by atoms with Crippen molar-refractivity contribution in [3.8, 4) is 0 Å². The van der Waals surface area contributed by atoms with Crippen molar-refractivity contribution in [3.63, 3.8) is 0 Å². The first kappa shape index (κ1) is 44.1. The molecule has 0 aromatic carbocycles. The van der Waals surface area contributed by atoms with Crippen molar-refractivity contribution in [1.82, 2.24) is 0 Å².